The lowest BCUT2D eigenvalue weighted by atomic mass is 10.1. The molecule has 0 radical (unpaired) electrons. The quantitative estimate of drug-likeness (QED) is 0.788. The first-order valence-corrected chi connectivity index (χ1v) is 8.15. The Morgan fingerprint density at radius 2 is 1.67 bits per heavy atom. The molecule has 2 aromatic carbocycles. The molecule has 2 aromatic rings. The van der Waals surface area contributed by atoms with Crippen molar-refractivity contribution in [2.45, 2.75) is 17.5 Å². The Labute approximate surface area is 123 Å². The molecule has 0 amide bonds. The highest BCUT2D eigenvalue weighted by Crippen LogP contribution is 2.33. The molecule has 0 bridgehead atoms. The lowest BCUT2D eigenvalue weighted by molar-refractivity contribution is -0.139. The molecule has 0 saturated carbocycles. The molecule has 0 unspecified atom stereocenters. The van der Waals surface area contributed by atoms with Crippen molar-refractivity contribution in [1.82, 2.24) is 0 Å². The van der Waals surface area contributed by atoms with Gasteiger partial charge in [-0.3, -0.25) is 0 Å². The van der Waals surface area contributed by atoms with Gasteiger partial charge in [0.25, 0.3) is 9.05 Å². The van der Waals surface area contributed by atoms with Crippen LogP contribution in [-0.4, -0.2) is 21.2 Å². The predicted molar refractivity (Wildman–Crippen MR) is 73.2 cm³/mol. The maximum atomic E-state index is 12.1. The van der Waals surface area contributed by atoms with Gasteiger partial charge in [-0.15, -0.1) is 0 Å². The molecule has 0 aliphatic rings. The van der Waals surface area contributed by atoms with Gasteiger partial charge in [0.15, 0.2) is 0 Å². The minimum Gasteiger partial charge on any atom is -0.493 e. The van der Waals surface area contributed by atoms with E-state index in [0.29, 0.717) is 10.8 Å². The largest absolute Gasteiger partial charge is 0.493 e. The maximum absolute atomic E-state index is 12.1. The molecule has 2 rings (SSSR count). The lowest BCUT2D eigenvalue weighted by Gasteiger charge is -2.12. The second kappa shape index (κ2) is 5.73. The zero-order valence-corrected chi connectivity index (χ0v) is 12.1. The molecule has 114 valence electrons. The molecule has 0 spiro atoms. The normalized spacial score (nSPS) is 12.6. The molecule has 0 aliphatic heterocycles. The third-order valence-electron chi connectivity index (χ3n) is 2.75. The Kier molecular flexibility index (Phi) is 4.34. The second-order valence-corrected chi connectivity index (χ2v) is 6.79. The first-order valence-electron chi connectivity index (χ1n) is 5.84. The van der Waals surface area contributed by atoms with Gasteiger partial charge in [-0.25, -0.2) is 8.42 Å². The average molecular weight is 339 g/mol. The first-order chi connectivity index (χ1) is 9.68. The predicted octanol–water partition coefficient (Wildman–Crippen LogP) is 4.10. The van der Waals surface area contributed by atoms with Crippen LogP contribution in [0.15, 0.2) is 41.3 Å². The average Bonchev–Trinajstić information content (AvgIpc) is 2.36. The highest BCUT2D eigenvalue weighted by molar-refractivity contribution is 8.14. The first kappa shape index (κ1) is 15.9. The van der Waals surface area contributed by atoms with Crippen molar-refractivity contribution in [3.8, 4) is 5.75 Å². The smallest absolute Gasteiger partial charge is 0.392 e. The minimum absolute atomic E-state index is 0.108. The molecule has 0 atom stereocenters. The molecule has 0 aromatic heterocycles. The highest BCUT2D eigenvalue weighted by atomic mass is 35.7. The van der Waals surface area contributed by atoms with Crippen molar-refractivity contribution >= 4 is 30.5 Å². The number of benzene rings is 2. The van der Waals surface area contributed by atoms with Crippen LogP contribution in [0.3, 0.4) is 0 Å². The number of halogens is 4. The summed E-state index contributed by atoms with van der Waals surface area (Å²) >= 11 is 0. The van der Waals surface area contributed by atoms with E-state index < -0.39 is 28.3 Å². The van der Waals surface area contributed by atoms with E-state index in [1.165, 1.54) is 18.2 Å². The van der Waals surface area contributed by atoms with Gasteiger partial charge in [-0.05, 0) is 12.1 Å². The van der Waals surface area contributed by atoms with Crippen molar-refractivity contribution in [2.75, 3.05) is 6.61 Å². The van der Waals surface area contributed by atoms with Crippen LogP contribution in [0, 0.1) is 0 Å². The van der Waals surface area contributed by atoms with Crippen molar-refractivity contribution in [2.24, 2.45) is 0 Å². The number of hydrogen-bond acceptors (Lipinski definition) is 3. The van der Waals surface area contributed by atoms with E-state index >= 15 is 0 Å². The summed E-state index contributed by atoms with van der Waals surface area (Å²) in [5.41, 5.74) is 0. The molecular formula is C13H10ClF3O3S. The topological polar surface area (TPSA) is 43.4 Å². The third kappa shape index (κ3) is 4.01. The summed E-state index contributed by atoms with van der Waals surface area (Å²) in [6, 6.07) is 8.82. The Balaban J connectivity index is 2.39. The minimum atomic E-state index is -4.31. The third-order valence-corrected chi connectivity index (χ3v) is 4.13. The van der Waals surface area contributed by atoms with Gasteiger partial charge in [-0.1, -0.05) is 24.3 Å². The summed E-state index contributed by atoms with van der Waals surface area (Å²) in [6.07, 6.45) is -5.40. The van der Waals surface area contributed by atoms with Crippen LogP contribution in [0.1, 0.15) is 6.42 Å². The zero-order chi connectivity index (χ0) is 15.7. The number of hydrogen-bond donors (Lipinski definition) is 0. The van der Waals surface area contributed by atoms with Crippen molar-refractivity contribution in [3.63, 3.8) is 0 Å². The molecule has 3 nitrogen and oxygen atoms in total. The van der Waals surface area contributed by atoms with Crippen LogP contribution >= 0.6 is 10.7 Å². The van der Waals surface area contributed by atoms with Crippen molar-refractivity contribution in [1.29, 1.82) is 0 Å². The van der Waals surface area contributed by atoms with E-state index in [4.69, 9.17) is 15.4 Å². The van der Waals surface area contributed by atoms with E-state index in [-0.39, 0.29) is 10.6 Å². The van der Waals surface area contributed by atoms with Crippen LogP contribution in [0.25, 0.3) is 10.8 Å². The standard InChI is InChI=1S/C13H10ClF3O3S/c14-21(18,19)12-6-5-11(20-8-7-13(15,16)17)9-3-1-2-4-10(9)12/h1-6H,7-8H2. The van der Waals surface area contributed by atoms with Crippen LogP contribution < -0.4 is 4.74 Å². The van der Waals surface area contributed by atoms with Gasteiger partial charge in [0, 0.05) is 21.5 Å². The summed E-state index contributed by atoms with van der Waals surface area (Å²) in [6.45, 7) is -0.541. The number of ether oxygens (including phenoxy) is 1. The van der Waals surface area contributed by atoms with E-state index in [1.54, 1.807) is 18.2 Å². The Bertz CT molecular complexity index is 757. The fourth-order valence-electron chi connectivity index (χ4n) is 1.86. The Hall–Kier alpha value is -1.47. The van der Waals surface area contributed by atoms with Crippen LogP contribution in [0.4, 0.5) is 13.2 Å². The summed E-state index contributed by atoms with van der Waals surface area (Å²) in [4.78, 5) is -0.108. The summed E-state index contributed by atoms with van der Waals surface area (Å²) < 4.78 is 64.4. The van der Waals surface area contributed by atoms with E-state index in [2.05, 4.69) is 0 Å². The molecular weight excluding hydrogens is 329 g/mol. The Morgan fingerprint density at radius 1 is 1.05 bits per heavy atom. The Morgan fingerprint density at radius 3 is 2.24 bits per heavy atom. The molecule has 0 aliphatic carbocycles. The van der Waals surface area contributed by atoms with Gasteiger partial charge in [0.2, 0.25) is 0 Å². The summed E-state index contributed by atoms with van der Waals surface area (Å²) in [5, 5.41) is 0.693. The fourth-order valence-corrected chi connectivity index (χ4v) is 2.93. The van der Waals surface area contributed by atoms with Gasteiger partial charge in [0.1, 0.15) is 5.75 Å². The van der Waals surface area contributed by atoms with Crippen LogP contribution in [0.2, 0.25) is 0 Å². The second-order valence-electron chi connectivity index (χ2n) is 4.26. The molecule has 0 saturated heterocycles. The van der Waals surface area contributed by atoms with Crippen molar-refractivity contribution < 1.29 is 26.3 Å². The lowest BCUT2D eigenvalue weighted by Crippen LogP contribution is -2.13. The monoisotopic (exact) mass is 338 g/mol. The maximum Gasteiger partial charge on any atom is 0.392 e. The fraction of sp³-hybridized carbons (Fsp3) is 0.231. The SMILES string of the molecule is O=S(=O)(Cl)c1ccc(OCCC(F)(F)F)c2ccccc12. The van der Waals surface area contributed by atoms with Crippen LogP contribution in [0.5, 0.6) is 5.75 Å². The van der Waals surface area contributed by atoms with E-state index in [0.717, 1.165) is 0 Å². The molecule has 21 heavy (non-hydrogen) atoms. The molecule has 0 heterocycles. The number of fused-ring (bicyclic) bond motifs is 1. The van der Waals surface area contributed by atoms with Gasteiger partial charge < -0.3 is 4.74 Å². The van der Waals surface area contributed by atoms with Crippen molar-refractivity contribution in [3.05, 3.63) is 36.4 Å². The van der Waals surface area contributed by atoms with Crippen LogP contribution in [-0.2, 0) is 9.05 Å². The van der Waals surface area contributed by atoms with E-state index in [9.17, 15) is 21.6 Å². The highest BCUT2D eigenvalue weighted by Gasteiger charge is 2.27. The summed E-state index contributed by atoms with van der Waals surface area (Å²) in [7, 11) is 1.38. The number of rotatable bonds is 4. The molecule has 0 fully saturated rings. The van der Waals surface area contributed by atoms with Gasteiger partial charge in [0.05, 0.1) is 17.9 Å². The number of alkyl halides is 3. The molecule has 8 heteroatoms. The van der Waals surface area contributed by atoms with Gasteiger partial charge in [-0.2, -0.15) is 13.2 Å². The van der Waals surface area contributed by atoms with Gasteiger partial charge >= 0.3 is 6.18 Å². The van der Waals surface area contributed by atoms with E-state index in [1.807, 2.05) is 0 Å². The zero-order valence-electron chi connectivity index (χ0n) is 10.5. The summed E-state index contributed by atoms with van der Waals surface area (Å²) in [5.74, 6) is 0.180. The molecule has 0 N–H and O–H groups in total.